The van der Waals surface area contributed by atoms with Gasteiger partial charge in [-0.15, -0.1) is 0 Å². The van der Waals surface area contributed by atoms with Gasteiger partial charge in [0.1, 0.15) is 24.2 Å². The smallest absolute Gasteiger partial charge is 0.390 e. The lowest BCUT2D eigenvalue weighted by Gasteiger charge is -2.18. The average molecular weight is 477 g/mol. The lowest BCUT2D eigenvalue weighted by molar-refractivity contribution is -0.135. The van der Waals surface area contributed by atoms with Gasteiger partial charge in [-0.3, -0.25) is 14.0 Å². The molecule has 12 nitrogen and oxygen atoms in total. The summed E-state index contributed by atoms with van der Waals surface area (Å²) in [4.78, 5) is 32.9. The highest BCUT2D eigenvalue weighted by molar-refractivity contribution is 7.48. The Labute approximate surface area is 172 Å². The number of fused-ring (bicyclic) bond motifs is 1. The maximum Gasteiger partial charge on any atom is 0.529 e. The summed E-state index contributed by atoms with van der Waals surface area (Å²) < 4.78 is 25.2. The molecule has 1 fully saturated rings. The number of nitrogens with zero attached hydrogens (tertiary/aromatic N) is 4. The number of imidazole rings is 1. The number of ether oxygens (including phenoxy) is 1. The van der Waals surface area contributed by atoms with Crippen LogP contribution in [0.1, 0.15) is 12.6 Å². The fraction of sp³-hybridized carbons (Fsp3) is 0.500. The molecule has 1 aliphatic heterocycles. The van der Waals surface area contributed by atoms with E-state index in [0.717, 1.165) is 0 Å². The summed E-state index contributed by atoms with van der Waals surface area (Å²) in [7, 11) is -4.90. The minimum atomic E-state index is -4.90. The highest BCUT2D eigenvalue weighted by Gasteiger charge is 2.41. The largest absolute Gasteiger partial charge is 0.529 e. The third-order valence-corrected chi connectivity index (χ3v) is 5.07. The molecule has 0 bridgehead atoms. The first-order chi connectivity index (χ1) is 13.0. The van der Waals surface area contributed by atoms with Crippen molar-refractivity contribution >= 4 is 65.6 Å². The standard InChI is InChI=1S/C12H13Cl3N5O7P/c13-12(14,15)11(22)27-28(23,24)25-2-6-5(21)1-7(26-6)20-4-19-8-9(16)17-3-18-10(8)20/h3-7,21H,1-2H2,(H,23,24)(H2,16,17,18)/t5-,6+,7+/m0/s1. The molecule has 1 unspecified atom stereocenters. The van der Waals surface area contributed by atoms with Crippen LogP contribution in [-0.4, -0.2) is 58.1 Å². The summed E-state index contributed by atoms with van der Waals surface area (Å²) in [6, 6.07) is 0. The Morgan fingerprint density at radius 2 is 2.14 bits per heavy atom. The lowest BCUT2D eigenvalue weighted by atomic mass is 10.2. The maximum atomic E-state index is 11.8. The quantitative estimate of drug-likeness (QED) is 0.416. The number of rotatable bonds is 5. The van der Waals surface area contributed by atoms with E-state index in [4.69, 9.17) is 45.3 Å². The van der Waals surface area contributed by atoms with Crippen LogP contribution in [0.4, 0.5) is 5.82 Å². The van der Waals surface area contributed by atoms with Crippen LogP contribution in [0.15, 0.2) is 12.7 Å². The average Bonchev–Trinajstić information content (AvgIpc) is 3.16. The second-order valence-corrected chi connectivity index (χ2v) is 9.32. The first kappa shape index (κ1) is 21.5. The molecule has 2 aromatic heterocycles. The fourth-order valence-corrected chi connectivity index (χ4v) is 3.48. The highest BCUT2D eigenvalue weighted by atomic mass is 35.6. The maximum absolute atomic E-state index is 11.8. The van der Waals surface area contributed by atoms with E-state index in [1.807, 2.05) is 0 Å². The van der Waals surface area contributed by atoms with Gasteiger partial charge in [0, 0.05) is 6.42 Å². The molecule has 4 atom stereocenters. The Morgan fingerprint density at radius 3 is 2.82 bits per heavy atom. The number of aliphatic hydroxyl groups excluding tert-OH is 1. The molecule has 2 aromatic rings. The first-order valence-electron chi connectivity index (χ1n) is 7.52. The van der Waals surface area contributed by atoms with E-state index in [0.29, 0.717) is 11.2 Å². The molecule has 154 valence electrons. The number of hydrogen-bond donors (Lipinski definition) is 3. The number of aromatic nitrogens is 4. The molecule has 28 heavy (non-hydrogen) atoms. The summed E-state index contributed by atoms with van der Waals surface area (Å²) in [5, 5.41) is 10.2. The van der Waals surface area contributed by atoms with Crippen LogP contribution < -0.4 is 5.73 Å². The van der Waals surface area contributed by atoms with Gasteiger partial charge in [-0.1, -0.05) is 34.8 Å². The normalized spacial score (nSPS) is 25.0. The van der Waals surface area contributed by atoms with Crippen LogP contribution in [0.2, 0.25) is 0 Å². The van der Waals surface area contributed by atoms with Gasteiger partial charge in [-0.2, -0.15) is 0 Å². The molecule has 0 spiro atoms. The van der Waals surface area contributed by atoms with Gasteiger partial charge < -0.3 is 20.1 Å². The summed E-state index contributed by atoms with van der Waals surface area (Å²) in [6.45, 7) is -0.581. The topological polar surface area (TPSA) is 172 Å². The Balaban J connectivity index is 1.65. The van der Waals surface area contributed by atoms with E-state index in [9.17, 15) is 19.4 Å². The van der Waals surface area contributed by atoms with Gasteiger partial charge in [0.15, 0.2) is 11.5 Å². The number of nitrogens with two attached hydrogens (primary N) is 1. The van der Waals surface area contributed by atoms with Crippen LogP contribution in [0.5, 0.6) is 0 Å². The second-order valence-electron chi connectivity index (χ2n) is 5.66. The number of carbonyl (C=O) groups excluding carboxylic acids is 1. The molecule has 1 saturated heterocycles. The number of aliphatic hydroxyl groups is 1. The van der Waals surface area contributed by atoms with Crippen molar-refractivity contribution in [3.05, 3.63) is 12.7 Å². The predicted octanol–water partition coefficient (Wildman–Crippen LogP) is 1.09. The van der Waals surface area contributed by atoms with Crippen LogP contribution in [0.25, 0.3) is 11.2 Å². The molecule has 0 aromatic carbocycles. The fourth-order valence-electron chi connectivity index (χ4n) is 2.47. The third kappa shape index (κ3) is 4.66. The van der Waals surface area contributed by atoms with Crippen LogP contribution in [0, 0.1) is 0 Å². The molecule has 0 amide bonds. The Bertz CT molecular complexity index is 938. The zero-order valence-electron chi connectivity index (χ0n) is 13.7. The highest BCUT2D eigenvalue weighted by Crippen LogP contribution is 2.47. The van der Waals surface area contributed by atoms with Gasteiger partial charge in [0.2, 0.25) is 0 Å². The van der Waals surface area contributed by atoms with E-state index in [-0.39, 0.29) is 12.2 Å². The number of nitrogen functional groups attached to an aromatic ring is 1. The van der Waals surface area contributed by atoms with E-state index >= 15 is 0 Å². The Hall–Kier alpha value is -1.24. The zero-order chi connectivity index (χ0) is 20.7. The summed E-state index contributed by atoms with van der Waals surface area (Å²) in [5.41, 5.74) is 6.47. The third-order valence-electron chi connectivity index (χ3n) is 3.73. The van der Waals surface area contributed by atoms with E-state index in [2.05, 4.69) is 24.0 Å². The molecule has 4 N–H and O–H groups in total. The van der Waals surface area contributed by atoms with E-state index in [1.54, 1.807) is 0 Å². The number of phosphoric acid groups is 1. The predicted molar refractivity (Wildman–Crippen MR) is 96.4 cm³/mol. The zero-order valence-corrected chi connectivity index (χ0v) is 16.8. The van der Waals surface area contributed by atoms with Crippen LogP contribution >= 0.6 is 42.6 Å². The second kappa shape index (κ2) is 7.88. The number of halogens is 3. The van der Waals surface area contributed by atoms with Crippen molar-refractivity contribution in [3.8, 4) is 0 Å². The monoisotopic (exact) mass is 475 g/mol. The van der Waals surface area contributed by atoms with E-state index < -0.39 is 42.6 Å². The Morgan fingerprint density at radius 1 is 1.43 bits per heavy atom. The van der Waals surface area contributed by atoms with Gasteiger partial charge >= 0.3 is 13.8 Å². The van der Waals surface area contributed by atoms with Crippen molar-refractivity contribution in [3.63, 3.8) is 0 Å². The number of carbonyl (C=O) groups is 1. The number of phosphoric ester groups is 1. The first-order valence-corrected chi connectivity index (χ1v) is 10.2. The van der Waals surface area contributed by atoms with Crippen molar-refractivity contribution in [2.24, 2.45) is 0 Å². The van der Waals surface area contributed by atoms with Crippen molar-refractivity contribution in [1.82, 2.24) is 19.5 Å². The molecular formula is C12H13Cl3N5O7P. The molecule has 0 aliphatic carbocycles. The van der Waals surface area contributed by atoms with Gasteiger partial charge in [-0.05, 0) is 0 Å². The van der Waals surface area contributed by atoms with Gasteiger partial charge in [0.05, 0.1) is 19.0 Å². The van der Waals surface area contributed by atoms with Crippen molar-refractivity contribution < 1.29 is 33.1 Å². The minimum absolute atomic E-state index is 0.104. The van der Waals surface area contributed by atoms with E-state index in [1.165, 1.54) is 17.2 Å². The van der Waals surface area contributed by atoms with Crippen LogP contribution in [0.3, 0.4) is 0 Å². The van der Waals surface area contributed by atoms with Gasteiger partial charge in [-0.25, -0.2) is 24.3 Å². The van der Waals surface area contributed by atoms with Crippen molar-refractivity contribution in [1.29, 1.82) is 0 Å². The number of hydrogen-bond acceptors (Lipinski definition) is 10. The molecule has 3 heterocycles. The summed E-state index contributed by atoms with van der Waals surface area (Å²) in [5.74, 6) is -1.41. The molecule has 3 rings (SSSR count). The summed E-state index contributed by atoms with van der Waals surface area (Å²) >= 11 is 15.8. The number of anilines is 1. The number of alkyl halides is 3. The Kier molecular flexibility index (Phi) is 6.04. The lowest BCUT2D eigenvalue weighted by Crippen LogP contribution is -2.27. The molecule has 0 saturated carbocycles. The molecule has 0 radical (unpaired) electrons. The summed E-state index contributed by atoms with van der Waals surface area (Å²) in [6.07, 6.45) is -0.0184. The van der Waals surface area contributed by atoms with Gasteiger partial charge in [0.25, 0.3) is 3.79 Å². The molecule has 1 aliphatic rings. The SMILES string of the molecule is Nc1ncnc2c1ncn2[C@H]1C[C@H](O)[C@@H](COP(=O)(O)OC(=O)C(Cl)(Cl)Cl)O1. The van der Waals surface area contributed by atoms with Crippen molar-refractivity contribution in [2.75, 3.05) is 12.3 Å². The van der Waals surface area contributed by atoms with Crippen molar-refractivity contribution in [2.45, 2.75) is 28.6 Å². The molecule has 16 heteroatoms. The van der Waals surface area contributed by atoms with Crippen LogP contribution in [-0.2, 0) is 23.1 Å². The molecular weight excluding hydrogens is 463 g/mol. The minimum Gasteiger partial charge on any atom is -0.390 e.